The van der Waals surface area contributed by atoms with Crippen molar-refractivity contribution >= 4 is 17.5 Å². The predicted molar refractivity (Wildman–Crippen MR) is 136 cm³/mol. The van der Waals surface area contributed by atoms with E-state index in [1.807, 2.05) is 18.2 Å². The highest BCUT2D eigenvalue weighted by atomic mass is 35.5. The van der Waals surface area contributed by atoms with E-state index in [9.17, 15) is 0 Å². The Labute approximate surface area is 201 Å². The standard InChI is InChI=1S/C13H15N3.C9H13N.C4H3ClN2/c1-2-16(13-14-9-6-10-15-13)11-12-7-4-3-5-8-12;1-2-10-8-9-6-4-3-5-7-9;5-4-6-2-1-3-7-4/h3-10H,2,11H2,1H3;3-7,10H,2,8H2,1H3;1-3H. The van der Waals surface area contributed by atoms with Gasteiger partial charge in [0.1, 0.15) is 0 Å². The maximum atomic E-state index is 5.32. The number of nitrogens with one attached hydrogen (secondary N) is 1. The van der Waals surface area contributed by atoms with Crippen LogP contribution in [0.25, 0.3) is 0 Å². The van der Waals surface area contributed by atoms with E-state index in [4.69, 9.17) is 11.6 Å². The number of aromatic nitrogens is 4. The topological polar surface area (TPSA) is 66.8 Å². The Balaban J connectivity index is 0.000000193. The molecular formula is C26H31ClN6. The third-order valence-corrected chi connectivity index (χ3v) is 4.58. The first-order valence-corrected chi connectivity index (χ1v) is 11.3. The van der Waals surface area contributed by atoms with Gasteiger partial charge in [-0.25, -0.2) is 19.9 Å². The molecule has 0 fully saturated rings. The van der Waals surface area contributed by atoms with Crippen molar-refractivity contribution in [2.45, 2.75) is 26.9 Å². The molecule has 0 spiro atoms. The monoisotopic (exact) mass is 462 g/mol. The van der Waals surface area contributed by atoms with E-state index in [1.165, 1.54) is 11.1 Å². The largest absolute Gasteiger partial charge is 0.337 e. The molecule has 0 radical (unpaired) electrons. The lowest BCUT2D eigenvalue weighted by atomic mass is 10.2. The highest BCUT2D eigenvalue weighted by Gasteiger charge is 2.06. The smallest absolute Gasteiger partial charge is 0.225 e. The van der Waals surface area contributed by atoms with Crippen molar-refractivity contribution < 1.29 is 0 Å². The molecule has 0 aliphatic carbocycles. The van der Waals surface area contributed by atoms with E-state index < -0.39 is 0 Å². The summed E-state index contributed by atoms with van der Waals surface area (Å²) in [6, 6.07) is 24.3. The second-order valence-corrected chi connectivity index (χ2v) is 7.17. The summed E-state index contributed by atoms with van der Waals surface area (Å²) >= 11 is 5.32. The van der Waals surface area contributed by atoms with Crippen molar-refractivity contribution in [2.24, 2.45) is 0 Å². The maximum Gasteiger partial charge on any atom is 0.225 e. The Morgan fingerprint density at radius 1 is 0.697 bits per heavy atom. The van der Waals surface area contributed by atoms with Gasteiger partial charge in [-0.3, -0.25) is 0 Å². The fourth-order valence-electron chi connectivity index (χ4n) is 2.73. The lowest BCUT2D eigenvalue weighted by Crippen LogP contribution is -2.23. The van der Waals surface area contributed by atoms with Crippen LogP contribution in [0.4, 0.5) is 5.95 Å². The van der Waals surface area contributed by atoms with Gasteiger partial charge in [0, 0.05) is 44.4 Å². The molecule has 0 unspecified atom stereocenters. The molecule has 0 amide bonds. The quantitative estimate of drug-likeness (QED) is 0.369. The first-order valence-electron chi connectivity index (χ1n) is 11.0. The highest BCUT2D eigenvalue weighted by molar-refractivity contribution is 6.28. The van der Waals surface area contributed by atoms with Crippen LogP contribution in [0.15, 0.2) is 97.6 Å². The van der Waals surface area contributed by atoms with Gasteiger partial charge < -0.3 is 10.2 Å². The number of anilines is 1. The fraction of sp³-hybridized carbons (Fsp3) is 0.231. The summed E-state index contributed by atoms with van der Waals surface area (Å²) in [5.41, 5.74) is 2.63. The van der Waals surface area contributed by atoms with Gasteiger partial charge in [-0.1, -0.05) is 67.6 Å². The van der Waals surface area contributed by atoms with Crippen molar-refractivity contribution in [2.75, 3.05) is 18.0 Å². The molecular weight excluding hydrogens is 432 g/mol. The van der Waals surface area contributed by atoms with Crippen LogP contribution >= 0.6 is 11.6 Å². The summed E-state index contributed by atoms with van der Waals surface area (Å²) < 4.78 is 0. The Hall–Kier alpha value is -3.35. The zero-order valence-corrected chi connectivity index (χ0v) is 19.9. The number of halogens is 1. The summed E-state index contributed by atoms with van der Waals surface area (Å²) in [7, 11) is 0. The first kappa shape index (κ1) is 25.9. The van der Waals surface area contributed by atoms with Crippen LogP contribution in [0, 0.1) is 0 Å². The van der Waals surface area contributed by atoms with Gasteiger partial charge in [0.2, 0.25) is 11.2 Å². The van der Waals surface area contributed by atoms with Crippen molar-refractivity contribution in [3.8, 4) is 0 Å². The van der Waals surface area contributed by atoms with Gasteiger partial charge in [-0.15, -0.1) is 0 Å². The van der Waals surface area contributed by atoms with Gasteiger partial charge in [0.25, 0.3) is 0 Å². The molecule has 7 heteroatoms. The molecule has 0 saturated carbocycles. The SMILES string of the molecule is CCN(Cc1ccccc1)c1ncccn1.CCNCc1ccccc1.Clc1ncccn1. The van der Waals surface area contributed by atoms with E-state index >= 15 is 0 Å². The Bertz CT molecular complexity index is 973. The minimum atomic E-state index is 0.294. The van der Waals surface area contributed by atoms with E-state index in [1.54, 1.807) is 30.9 Å². The summed E-state index contributed by atoms with van der Waals surface area (Å²) in [6.45, 7) is 7.99. The molecule has 0 atom stereocenters. The van der Waals surface area contributed by atoms with Crippen LogP contribution in [0.2, 0.25) is 5.28 Å². The molecule has 6 nitrogen and oxygen atoms in total. The third-order valence-electron chi connectivity index (χ3n) is 4.39. The average Bonchev–Trinajstić information content (AvgIpc) is 2.89. The molecule has 0 saturated heterocycles. The van der Waals surface area contributed by atoms with Crippen molar-refractivity contribution in [1.82, 2.24) is 25.3 Å². The molecule has 2 heterocycles. The van der Waals surface area contributed by atoms with Crippen molar-refractivity contribution in [3.05, 3.63) is 114 Å². The van der Waals surface area contributed by atoms with Crippen LogP contribution in [-0.4, -0.2) is 33.0 Å². The third kappa shape index (κ3) is 11.2. The molecule has 33 heavy (non-hydrogen) atoms. The lowest BCUT2D eigenvalue weighted by Gasteiger charge is -2.20. The van der Waals surface area contributed by atoms with E-state index in [0.29, 0.717) is 5.28 Å². The lowest BCUT2D eigenvalue weighted by molar-refractivity contribution is 0.727. The first-order chi connectivity index (χ1) is 16.2. The van der Waals surface area contributed by atoms with E-state index in [0.717, 1.165) is 32.1 Å². The second kappa shape index (κ2) is 16.3. The van der Waals surface area contributed by atoms with Crippen LogP contribution in [0.1, 0.15) is 25.0 Å². The van der Waals surface area contributed by atoms with Crippen LogP contribution in [0.5, 0.6) is 0 Å². The van der Waals surface area contributed by atoms with Crippen LogP contribution in [0.3, 0.4) is 0 Å². The van der Waals surface area contributed by atoms with Gasteiger partial charge in [0.15, 0.2) is 0 Å². The molecule has 0 aliphatic rings. The molecule has 172 valence electrons. The predicted octanol–water partition coefficient (Wildman–Crippen LogP) is 5.43. The van der Waals surface area contributed by atoms with Gasteiger partial charge >= 0.3 is 0 Å². The average molecular weight is 463 g/mol. The summed E-state index contributed by atoms with van der Waals surface area (Å²) in [4.78, 5) is 17.9. The van der Waals surface area contributed by atoms with Crippen molar-refractivity contribution in [1.29, 1.82) is 0 Å². The Kier molecular flexibility index (Phi) is 12.8. The highest BCUT2D eigenvalue weighted by Crippen LogP contribution is 2.10. The molecule has 1 N–H and O–H groups in total. The Morgan fingerprint density at radius 2 is 1.21 bits per heavy atom. The van der Waals surface area contributed by atoms with Crippen molar-refractivity contribution in [3.63, 3.8) is 0 Å². The number of hydrogen-bond donors (Lipinski definition) is 1. The maximum absolute atomic E-state index is 5.32. The zero-order chi connectivity index (χ0) is 23.6. The summed E-state index contributed by atoms with van der Waals surface area (Å²) in [6.07, 6.45) is 6.73. The minimum Gasteiger partial charge on any atom is -0.337 e. The van der Waals surface area contributed by atoms with Gasteiger partial charge in [0.05, 0.1) is 0 Å². The molecule has 0 aliphatic heterocycles. The van der Waals surface area contributed by atoms with Gasteiger partial charge in [-0.05, 0) is 48.3 Å². The molecule has 2 aromatic heterocycles. The second-order valence-electron chi connectivity index (χ2n) is 6.83. The molecule has 4 rings (SSSR count). The fourth-order valence-corrected chi connectivity index (χ4v) is 2.84. The van der Waals surface area contributed by atoms with Gasteiger partial charge in [-0.2, -0.15) is 0 Å². The number of nitrogens with zero attached hydrogens (tertiary/aromatic N) is 5. The van der Waals surface area contributed by atoms with Crippen LogP contribution < -0.4 is 10.2 Å². The number of hydrogen-bond acceptors (Lipinski definition) is 6. The minimum absolute atomic E-state index is 0.294. The normalized spacial score (nSPS) is 9.67. The number of benzene rings is 2. The molecule has 2 aromatic carbocycles. The Morgan fingerprint density at radius 3 is 1.67 bits per heavy atom. The summed E-state index contributed by atoms with van der Waals surface area (Å²) in [5, 5.41) is 3.56. The zero-order valence-electron chi connectivity index (χ0n) is 19.2. The van der Waals surface area contributed by atoms with Crippen LogP contribution in [-0.2, 0) is 13.1 Å². The van der Waals surface area contributed by atoms with E-state index in [-0.39, 0.29) is 0 Å². The molecule has 0 bridgehead atoms. The van der Waals surface area contributed by atoms with E-state index in [2.05, 4.69) is 92.5 Å². The molecule has 4 aromatic rings. The number of rotatable bonds is 7. The summed E-state index contributed by atoms with van der Waals surface area (Å²) in [5.74, 6) is 0.786.